The third-order valence-electron chi connectivity index (χ3n) is 5.62. The van der Waals surface area contributed by atoms with Crippen molar-refractivity contribution in [3.05, 3.63) is 89.5 Å². The minimum absolute atomic E-state index is 0.0462. The maximum atomic E-state index is 13.3. The number of benzene rings is 2. The summed E-state index contributed by atoms with van der Waals surface area (Å²) < 4.78 is 7.02. The van der Waals surface area contributed by atoms with Crippen molar-refractivity contribution in [1.82, 2.24) is 19.8 Å². The van der Waals surface area contributed by atoms with E-state index >= 15 is 0 Å². The smallest absolute Gasteiger partial charge is 0.271 e. The first-order valence-corrected chi connectivity index (χ1v) is 10.9. The Labute approximate surface area is 188 Å². The van der Waals surface area contributed by atoms with Gasteiger partial charge in [-0.1, -0.05) is 60.7 Å². The summed E-state index contributed by atoms with van der Waals surface area (Å²) in [6, 6.07) is 19.3. The lowest BCUT2D eigenvalue weighted by atomic mass is 10.0. The van der Waals surface area contributed by atoms with Crippen LogP contribution >= 0.6 is 0 Å². The highest BCUT2D eigenvalue weighted by Crippen LogP contribution is 2.32. The molecule has 1 N–H and O–H groups in total. The van der Waals surface area contributed by atoms with Crippen LogP contribution in [-0.2, 0) is 22.5 Å². The minimum Gasteiger partial charge on any atom is -0.385 e. The van der Waals surface area contributed by atoms with Crippen molar-refractivity contribution in [3.63, 3.8) is 0 Å². The van der Waals surface area contributed by atoms with Gasteiger partial charge in [-0.25, -0.2) is 4.98 Å². The molecule has 2 amide bonds. The largest absolute Gasteiger partial charge is 0.385 e. The normalized spacial score (nSPS) is 15.3. The Morgan fingerprint density at radius 2 is 1.78 bits per heavy atom. The predicted molar refractivity (Wildman–Crippen MR) is 121 cm³/mol. The Morgan fingerprint density at radius 3 is 2.50 bits per heavy atom. The van der Waals surface area contributed by atoms with Crippen molar-refractivity contribution in [1.29, 1.82) is 0 Å². The van der Waals surface area contributed by atoms with Gasteiger partial charge >= 0.3 is 0 Å². The van der Waals surface area contributed by atoms with Crippen molar-refractivity contribution < 1.29 is 14.3 Å². The summed E-state index contributed by atoms with van der Waals surface area (Å²) in [6.07, 6.45) is 2.86. The molecular formula is C25H28N4O3. The number of rotatable bonds is 8. The van der Waals surface area contributed by atoms with Gasteiger partial charge in [0.25, 0.3) is 5.91 Å². The number of fused-ring (bicyclic) bond motifs is 1. The number of imidazole rings is 1. The van der Waals surface area contributed by atoms with E-state index < -0.39 is 0 Å². The summed E-state index contributed by atoms with van der Waals surface area (Å²) in [6.45, 7) is 2.28. The Morgan fingerprint density at radius 1 is 1.06 bits per heavy atom. The summed E-state index contributed by atoms with van der Waals surface area (Å²) in [7, 11) is 1.64. The van der Waals surface area contributed by atoms with E-state index in [-0.39, 0.29) is 17.9 Å². The van der Waals surface area contributed by atoms with Crippen molar-refractivity contribution in [2.75, 3.05) is 26.8 Å². The van der Waals surface area contributed by atoms with Crippen LogP contribution in [0.25, 0.3) is 0 Å². The van der Waals surface area contributed by atoms with Gasteiger partial charge in [0.2, 0.25) is 5.91 Å². The fourth-order valence-corrected chi connectivity index (χ4v) is 4.03. The number of methoxy groups -OCH3 is 1. The first kappa shape index (κ1) is 21.8. The summed E-state index contributed by atoms with van der Waals surface area (Å²) in [4.78, 5) is 32.5. The molecule has 7 heteroatoms. The molecule has 1 aromatic heterocycles. The van der Waals surface area contributed by atoms with Gasteiger partial charge in [0.15, 0.2) is 0 Å². The first-order chi connectivity index (χ1) is 15.7. The lowest BCUT2D eigenvalue weighted by Crippen LogP contribution is -2.43. The van der Waals surface area contributed by atoms with Crippen molar-refractivity contribution in [3.8, 4) is 0 Å². The standard InChI is InChI=1S/C25H28N4O3/c1-32-16-8-13-26-25(31)21-18-28-14-15-29(22(30)17-19-9-4-2-5-10-19)23(24(28)27-21)20-11-6-3-7-12-20/h2-7,9-12,18,23H,8,13-17H2,1H3,(H,26,31). The van der Waals surface area contributed by atoms with Gasteiger partial charge in [-0.3, -0.25) is 9.59 Å². The van der Waals surface area contributed by atoms with Crippen LogP contribution in [-0.4, -0.2) is 53.1 Å². The van der Waals surface area contributed by atoms with Gasteiger partial charge in [0.1, 0.15) is 17.6 Å². The highest BCUT2D eigenvalue weighted by atomic mass is 16.5. The molecule has 32 heavy (non-hydrogen) atoms. The van der Waals surface area contributed by atoms with Crippen LogP contribution in [0.15, 0.2) is 66.9 Å². The molecule has 0 fully saturated rings. The van der Waals surface area contributed by atoms with Crippen LogP contribution in [0.5, 0.6) is 0 Å². The Bertz CT molecular complexity index is 1050. The maximum Gasteiger partial charge on any atom is 0.271 e. The van der Waals surface area contributed by atoms with Crippen LogP contribution < -0.4 is 5.32 Å². The fraction of sp³-hybridized carbons (Fsp3) is 0.320. The molecule has 0 radical (unpaired) electrons. The number of carbonyl (C=O) groups is 2. The number of ether oxygens (including phenoxy) is 1. The monoisotopic (exact) mass is 432 g/mol. The number of nitrogens with zero attached hydrogens (tertiary/aromatic N) is 3. The number of amides is 2. The molecule has 1 atom stereocenters. The van der Waals surface area contributed by atoms with Gasteiger partial charge in [-0.05, 0) is 17.5 Å². The van der Waals surface area contributed by atoms with Crippen molar-refractivity contribution in [2.24, 2.45) is 0 Å². The zero-order chi connectivity index (χ0) is 22.3. The quantitative estimate of drug-likeness (QED) is 0.556. The molecule has 2 heterocycles. The van der Waals surface area contributed by atoms with E-state index in [0.717, 1.165) is 17.5 Å². The van der Waals surface area contributed by atoms with E-state index in [9.17, 15) is 9.59 Å². The number of carbonyl (C=O) groups excluding carboxylic acids is 2. The molecule has 4 rings (SSSR count). The molecule has 2 aromatic carbocycles. The molecule has 0 saturated heterocycles. The van der Waals surface area contributed by atoms with E-state index in [2.05, 4.69) is 10.3 Å². The van der Waals surface area contributed by atoms with Gasteiger partial charge in [0, 0.05) is 39.5 Å². The van der Waals surface area contributed by atoms with Crippen LogP contribution in [0.1, 0.15) is 39.9 Å². The predicted octanol–water partition coefficient (Wildman–Crippen LogP) is 2.82. The highest BCUT2D eigenvalue weighted by Gasteiger charge is 2.34. The number of hydrogen-bond donors (Lipinski definition) is 1. The third kappa shape index (κ3) is 4.89. The zero-order valence-electron chi connectivity index (χ0n) is 18.2. The minimum atomic E-state index is -0.337. The Balaban J connectivity index is 1.60. The average Bonchev–Trinajstić information content (AvgIpc) is 3.27. The molecule has 1 aliphatic heterocycles. The topological polar surface area (TPSA) is 76.5 Å². The molecule has 3 aromatic rings. The Hall–Kier alpha value is -3.45. The summed E-state index contributed by atoms with van der Waals surface area (Å²) in [5.74, 6) is 0.549. The van der Waals surface area contributed by atoms with Gasteiger partial charge < -0.3 is 19.5 Å². The number of hydrogen-bond acceptors (Lipinski definition) is 4. The lowest BCUT2D eigenvalue weighted by molar-refractivity contribution is -0.133. The van der Waals surface area contributed by atoms with Gasteiger partial charge in [-0.15, -0.1) is 0 Å². The number of nitrogens with one attached hydrogen (secondary N) is 1. The molecular weight excluding hydrogens is 404 g/mol. The van der Waals surface area contributed by atoms with Crippen molar-refractivity contribution in [2.45, 2.75) is 25.4 Å². The second-order valence-electron chi connectivity index (χ2n) is 7.84. The molecule has 1 aliphatic rings. The average molecular weight is 433 g/mol. The van der Waals surface area contributed by atoms with Gasteiger partial charge in [-0.2, -0.15) is 0 Å². The summed E-state index contributed by atoms with van der Waals surface area (Å²) in [5, 5.41) is 2.89. The van der Waals surface area contributed by atoms with E-state index in [1.807, 2.05) is 70.1 Å². The maximum absolute atomic E-state index is 13.3. The summed E-state index contributed by atoms with van der Waals surface area (Å²) in [5.41, 5.74) is 2.33. The summed E-state index contributed by atoms with van der Waals surface area (Å²) >= 11 is 0. The van der Waals surface area contributed by atoms with Crippen LogP contribution in [0, 0.1) is 0 Å². The number of aromatic nitrogens is 2. The molecule has 7 nitrogen and oxygen atoms in total. The first-order valence-electron chi connectivity index (χ1n) is 10.9. The molecule has 1 unspecified atom stereocenters. The third-order valence-corrected chi connectivity index (χ3v) is 5.62. The molecule has 0 spiro atoms. The van der Waals surface area contributed by atoms with E-state index in [1.165, 1.54) is 0 Å². The van der Waals surface area contributed by atoms with Crippen LogP contribution in [0.4, 0.5) is 0 Å². The van der Waals surface area contributed by atoms with Gasteiger partial charge in [0.05, 0.1) is 6.42 Å². The van der Waals surface area contributed by atoms with E-state index in [0.29, 0.717) is 44.2 Å². The van der Waals surface area contributed by atoms with Crippen LogP contribution in [0.2, 0.25) is 0 Å². The lowest BCUT2D eigenvalue weighted by Gasteiger charge is -2.36. The van der Waals surface area contributed by atoms with Crippen molar-refractivity contribution >= 4 is 11.8 Å². The Kier molecular flexibility index (Phi) is 6.97. The van der Waals surface area contributed by atoms with Crippen LogP contribution in [0.3, 0.4) is 0 Å². The highest BCUT2D eigenvalue weighted by molar-refractivity contribution is 5.92. The molecule has 166 valence electrons. The van der Waals surface area contributed by atoms with E-state index in [1.54, 1.807) is 13.3 Å². The SMILES string of the molecule is COCCCNC(=O)c1cn2c(n1)C(c1ccccc1)N(C(=O)Cc1ccccc1)CC2. The molecule has 0 aliphatic carbocycles. The molecule has 0 saturated carbocycles. The fourth-order valence-electron chi connectivity index (χ4n) is 4.03. The second-order valence-corrected chi connectivity index (χ2v) is 7.84. The second kappa shape index (κ2) is 10.2. The molecule has 0 bridgehead atoms. The zero-order valence-corrected chi connectivity index (χ0v) is 18.2. The van der Waals surface area contributed by atoms with E-state index in [4.69, 9.17) is 4.74 Å².